The first-order valence-electron chi connectivity index (χ1n) is 12.1. The van der Waals surface area contributed by atoms with Crippen LogP contribution in [0.1, 0.15) is 37.5 Å². The molecule has 0 aliphatic carbocycles. The summed E-state index contributed by atoms with van der Waals surface area (Å²) in [5, 5.41) is 21.3. The lowest BCUT2D eigenvalue weighted by atomic mass is 10.1. The Labute approximate surface area is 244 Å². The molecule has 0 atom stereocenters. The fourth-order valence-electron chi connectivity index (χ4n) is 4.32. The zero-order chi connectivity index (χ0) is 30.0. The van der Waals surface area contributed by atoms with Gasteiger partial charge in [0, 0.05) is 22.1 Å². The number of nitriles is 1. The highest BCUT2D eigenvalue weighted by molar-refractivity contribution is 7.16. The molecule has 9 nitrogen and oxygen atoms in total. The zero-order valence-corrected chi connectivity index (χ0v) is 22.9. The summed E-state index contributed by atoms with van der Waals surface area (Å²) in [6, 6.07) is 12.4. The van der Waals surface area contributed by atoms with Crippen LogP contribution in [0.4, 0.5) is 19.0 Å². The Hall–Kier alpha value is -4.93. The second-order valence-electron chi connectivity index (χ2n) is 8.80. The number of alkyl halides is 3. The molecular formula is C28H18ClF3N6O3S. The number of thiophene rings is 1. The molecule has 0 aliphatic rings. The van der Waals surface area contributed by atoms with E-state index in [0.717, 1.165) is 23.1 Å². The van der Waals surface area contributed by atoms with E-state index in [-0.39, 0.29) is 35.9 Å². The van der Waals surface area contributed by atoms with Crippen molar-refractivity contribution in [3.05, 3.63) is 115 Å². The lowest BCUT2D eigenvalue weighted by molar-refractivity contribution is -0.137. The summed E-state index contributed by atoms with van der Waals surface area (Å²) >= 11 is 7.27. The maximum absolute atomic E-state index is 13.9. The van der Waals surface area contributed by atoms with Gasteiger partial charge in [0.25, 0.3) is 11.5 Å². The van der Waals surface area contributed by atoms with Gasteiger partial charge in [-0.15, -0.1) is 11.3 Å². The van der Waals surface area contributed by atoms with Crippen LogP contribution in [0.15, 0.2) is 76.9 Å². The number of aromatic nitrogens is 4. The number of rotatable bonds is 8. The van der Waals surface area contributed by atoms with Crippen LogP contribution in [0.5, 0.6) is 0 Å². The van der Waals surface area contributed by atoms with Crippen LogP contribution < -0.4 is 10.9 Å². The quantitative estimate of drug-likeness (QED) is 0.219. The molecule has 5 aromatic rings. The predicted molar refractivity (Wildman–Crippen MR) is 150 cm³/mol. The number of nitrogens with zero attached hydrogens (tertiary/aromatic N) is 5. The first-order chi connectivity index (χ1) is 20.1. The molecule has 0 fully saturated rings. The molecule has 5 rings (SSSR count). The van der Waals surface area contributed by atoms with Crippen molar-refractivity contribution in [1.29, 1.82) is 5.26 Å². The van der Waals surface area contributed by atoms with Crippen molar-refractivity contribution < 1.29 is 22.5 Å². The van der Waals surface area contributed by atoms with Crippen LogP contribution in [-0.2, 0) is 19.3 Å². The fraction of sp³-hybridized carbons (Fsp3) is 0.107. The second kappa shape index (κ2) is 11.5. The average Bonchev–Trinajstić information content (AvgIpc) is 3.72. The largest absolute Gasteiger partial charge is 0.417 e. The van der Waals surface area contributed by atoms with E-state index >= 15 is 0 Å². The van der Waals surface area contributed by atoms with E-state index in [1.807, 2.05) is 6.07 Å². The first kappa shape index (κ1) is 28.6. The summed E-state index contributed by atoms with van der Waals surface area (Å²) in [5.41, 5.74) is -1.61. The third kappa shape index (κ3) is 5.50. The van der Waals surface area contributed by atoms with Gasteiger partial charge < -0.3 is 14.4 Å². The SMILES string of the molecule is C=Cc1ccc(=O)n(Cc2cnoc2)c1-c1nn(C(=O)c2ccccc2C(F)(F)F)c(NCc2ccc(Cl)s2)c1C#N. The van der Waals surface area contributed by atoms with Crippen LogP contribution in [0, 0.1) is 11.3 Å². The van der Waals surface area contributed by atoms with Gasteiger partial charge in [0.1, 0.15) is 23.6 Å². The van der Waals surface area contributed by atoms with Crippen molar-refractivity contribution in [3.63, 3.8) is 0 Å². The highest BCUT2D eigenvalue weighted by atomic mass is 35.5. The summed E-state index contributed by atoms with van der Waals surface area (Å²) in [7, 11) is 0. The topological polar surface area (TPSA) is 119 Å². The number of hydrogen-bond donors (Lipinski definition) is 1. The van der Waals surface area contributed by atoms with Gasteiger partial charge in [0.2, 0.25) is 0 Å². The van der Waals surface area contributed by atoms with Crippen LogP contribution >= 0.6 is 22.9 Å². The number of nitrogens with one attached hydrogen (secondary N) is 1. The van der Waals surface area contributed by atoms with Gasteiger partial charge in [-0.2, -0.15) is 28.2 Å². The lowest BCUT2D eigenvalue weighted by Crippen LogP contribution is -2.23. The van der Waals surface area contributed by atoms with Crippen LogP contribution in [0.2, 0.25) is 4.34 Å². The molecule has 4 heterocycles. The lowest BCUT2D eigenvalue weighted by Gasteiger charge is -2.13. The Morgan fingerprint density at radius 3 is 2.64 bits per heavy atom. The average molecular weight is 611 g/mol. The van der Waals surface area contributed by atoms with E-state index in [4.69, 9.17) is 16.1 Å². The monoisotopic (exact) mass is 610 g/mol. The molecule has 0 aliphatic heterocycles. The van der Waals surface area contributed by atoms with Gasteiger partial charge >= 0.3 is 6.18 Å². The Morgan fingerprint density at radius 2 is 2.00 bits per heavy atom. The summed E-state index contributed by atoms with van der Waals surface area (Å²) in [4.78, 5) is 27.5. The minimum atomic E-state index is -4.84. The molecule has 0 unspecified atom stereocenters. The first-order valence-corrected chi connectivity index (χ1v) is 13.3. The highest BCUT2D eigenvalue weighted by Gasteiger charge is 2.36. The van der Waals surface area contributed by atoms with Crippen molar-refractivity contribution in [3.8, 4) is 17.5 Å². The molecule has 0 bridgehead atoms. The number of pyridine rings is 1. The van der Waals surface area contributed by atoms with E-state index in [1.54, 1.807) is 12.1 Å². The number of hydrogen-bond acceptors (Lipinski definition) is 8. The zero-order valence-electron chi connectivity index (χ0n) is 21.4. The molecule has 14 heteroatoms. The molecule has 0 spiro atoms. The molecule has 42 heavy (non-hydrogen) atoms. The number of benzene rings is 1. The molecule has 0 amide bonds. The van der Waals surface area contributed by atoms with Crippen molar-refractivity contribution in [2.24, 2.45) is 0 Å². The van der Waals surface area contributed by atoms with Crippen molar-refractivity contribution >= 4 is 40.7 Å². The van der Waals surface area contributed by atoms with E-state index in [0.29, 0.717) is 20.1 Å². The normalized spacial score (nSPS) is 11.3. The van der Waals surface area contributed by atoms with Crippen molar-refractivity contribution in [2.45, 2.75) is 19.3 Å². The summed E-state index contributed by atoms with van der Waals surface area (Å²) in [6.45, 7) is 3.82. The molecule has 1 N–H and O–H groups in total. The molecule has 1 aromatic carbocycles. The number of halogens is 4. The molecule has 4 aromatic heterocycles. The smallest absolute Gasteiger partial charge is 0.364 e. The van der Waals surface area contributed by atoms with Gasteiger partial charge in [0.15, 0.2) is 5.82 Å². The van der Waals surface area contributed by atoms with Crippen LogP contribution in [0.25, 0.3) is 17.5 Å². The maximum atomic E-state index is 13.9. The molecule has 0 saturated heterocycles. The second-order valence-corrected chi connectivity index (χ2v) is 10.6. The summed E-state index contributed by atoms with van der Waals surface area (Å²) in [5.74, 6) is -1.30. The van der Waals surface area contributed by atoms with Gasteiger partial charge in [-0.3, -0.25) is 9.59 Å². The maximum Gasteiger partial charge on any atom is 0.417 e. The van der Waals surface area contributed by atoms with Crippen molar-refractivity contribution in [2.75, 3.05) is 5.32 Å². The summed E-state index contributed by atoms with van der Waals surface area (Å²) < 4.78 is 49.0. The van der Waals surface area contributed by atoms with Crippen LogP contribution in [0.3, 0.4) is 0 Å². The Bertz CT molecular complexity index is 1900. The van der Waals surface area contributed by atoms with E-state index in [1.165, 1.54) is 52.6 Å². The van der Waals surface area contributed by atoms with E-state index < -0.39 is 28.8 Å². The number of anilines is 1. The van der Waals surface area contributed by atoms with Crippen LogP contribution in [-0.4, -0.2) is 25.4 Å². The molecule has 0 radical (unpaired) electrons. The van der Waals surface area contributed by atoms with Crippen molar-refractivity contribution in [1.82, 2.24) is 19.5 Å². The van der Waals surface area contributed by atoms with Gasteiger partial charge in [-0.1, -0.05) is 41.5 Å². The van der Waals surface area contributed by atoms with Gasteiger partial charge in [-0.05, 0) is 30.3 Å². The van der Waals surface area contributed by atoms with E-state index in [9.17, 15) is 28.0 Å². The standard InChI is InChI=1S/C28H18ClF3N6O3S/c1-2-17-7-10-23(39)37(14-16-12-35-41-15-16)25(17)24-20(11-33)26(34-13-18-8-9-22(29)42-18)38(36-24)27(40)19-5-3-4-6-21(19)28(30,31)32/h2-10,12,15,34H,1,13-14H2. The highest BCUT2D eigenvalue weighted by Crippen LogP contribution is 2.35. The van der Waals surface area contributed by atoms with Gasteiger partial charge in [-0.25, -0.2) is 0 Å². The van der Waals surface area contributed by atoms with E-state index in [2.05, 4.69) is 22.2 Å². The Balaban J connectivity index is 1.75. The Morgan fingerprint density at radius 1 is 1.21 bits per heavy atom. The fourth-order valence-corrected chi connectivity index (χ4v) is 5.35. The third-order valence-electron chi connectivity index (χ3n) is 6.19. The Kier molecular flexibility index (Phi) is 7.84. The predicted octanol–water partition coefficient (Wildman–Crippen LogP) is 6.30. The third-order valence-corrected chi connectivity index (χ3v) is 7.43. The van der Waals surface area contributed by atoms with Gasteiger partial charge in [0.05, 0.1) is 40.4 Å². The molecular weight excluding hydrogens is 593 g/mol. The number of carbonyl (C=O) groups is 1. The number of carbonyl (C=O) groups excluding carboxylic acids is 1. The minimum Gasteiger partial charge on any atom is -0.364 e. The molecule has 0 saturated carbocycles. The molecule has 212 valence electrons. The minimum absolute atomic E-state index is 0.0433. The summed E-state index contributed by atoms with van der Waals surface area (Å²) in [6.07, 6.45) is -0.675.